The van der Waals surface area contributed by atoms with E-state index >= 15 is 0 Å². The topological polar surface area (TPSA) is 12.5 Å². The van der Waals surface area contributed by atoms with Crippen LogP contribution >= 0.6 is 15.9 Å². The third-order valence-corrected chi connectivity index (χ3v) is 4.01. The van der Waals surface area contributed by atoms with Crippen molar-refractivity contribution in [1.29, 1.82) is 0 Å². The number of hydrogen-bond donors (Lipinski definition) is 0. The molecule has 0 N–H and O–H groups in total. The molecule has 0 radical (unpaired) electrons. The van der Waals surface area contributed by atoms with Crippen LogP contribution in [-0.2, 0) is 4.74 Å². The van der Waals surface area contributed by atoms with Crippen LogP contribution in [0.25, 0.3) is 0 Å². The van der Waals surface area contributed by atoms with Gasteiger partial charge in [0.2, 0.25) is 0 Å². The average molecular weight is 298 g/mol. The monoisotopic (exact) mass is 297 g/mol. The van der Waals surface area contributed by atoms with Crippen molar-refractivity contribution >= 4 is 15.9 Å². The summed E-state index contributed by atoms with van der Waals surface area (Å²) >= 11 is 3.55. The van der Waals surface area contributed by atoms with Gasteiger partial charge < -0.3 is 9.64 Å². The summed E-state index contributed by atoms with van der Waals surface area (Å²) in [6.07, 6.45) is 2.53. The summed E-state index contributed by atoms with van der Waals surface area (Å²) in [5.41, 5.74) is 1.48. The normalized spacial score (nSPS) is 18.5. The second-order valence-corrected chi connectivity index (χ2v) is 5.58. The molecular formula is C14H20BrNO. The number of rotatable bonds is 4. The Kier molecular flexibility index (Phi) is 5.01. The van der Waals surface area contributed by atoms with Gasteiger partial charge in [0, 0.05) is 18.1 Å². The molecule has 1 heterocycles. The van der Waals surface area contributed by atoms with E-state index in [4.69, 9.17) is 4.74 Å². The number of likely N-dealkylation sites (tertiary alicyclic amines) is 1. The number of methoxy groups -OCH3 is 1. The van der Waals surface area contributed by atoms with Crippen LogP contribution in [0.4, 0.5) is 0 Å². The first-order valence-electron chi connectivity index (χ1n) is 6.26. The van der Waals surface area contributed by atoms with E-state index < -0.39 is 0 Å². The van der Waals surface area contributed by atoms with E-state index in [-0.39, 0.29) is 0 Å². The molecule has 3 heteroatoms. The lowest BCUT2D eigenvalue weighted by atomic mass is 9.89. The lowest BCUT2D eigenvalue weighted by Crippen LogP contribution is -2.35. The zero-order chi connectivity index (χ0) is 12.1. The van der Waals surface area contributed by atoms with Gasteiger partial charge in [0.15, 0.2) is 0 Å². The van der Waals surface area contributed by atoms with Gasteiger partial charge in [-0.05, 0) is 49.5 Å². The van der Waals surface area contributed by atoms with Crippen molar-refractivity contribution in [1.82, 2.24) is 4.90 Å². The lowest BCUT2D eigenvalue weighted by Gasteiger charge is -2.32. The van der Waals surface area contributed by atoms with Crippen molar-refractivity contribution in [2.45, 2.75) is 18.8 Å². The van der Waals surface area contributed by atoms with Crippen LogP contribution in [0.3, 0.4) is 0 Å². The fourth-order valence-corrected chi connectivity index (χ4v) is 2.89. The molecule has 1 fully saturated rings. The summed E-state index contributed by atoms with van der Waals surface area (Å²) in [6, 6.07) is 8.74. The van der Waals surface area contributed by atoms with Crippen molar-refractivity contribution in [2.75, 3.05) is 33.4 Å². The molecule has 0 saturated carbocycles. The molecule has 94 valence electrons. The molecular weight excluding hydrogens is 278 g/mol. The predicted molar refractivity (Wildman–Crippen MR) is 74.4 cm³/mol. The second kappa shape index (κ2) is 6.53. The maximum atomic E-state index is 5.12. The summed E-state index contributed by atoms with van der Waals surface area (Å²) in [7, 11) is 1.77. The number of piperidine rings is 1. The minimum atomic E-state index is 0.728. The Balaban J connectivity index is 1.86. The number of nitrogens with zero attached hydrogens (tertiary/aromatic N) is 1. The Hall–Kier alpha value is -0.380. The van der Waals surface area contributed by atoms with E-state index in [0.717, 1.165) is 19.1 Å². The summed E-state index contributed by atoms with van der Waals surface area (Å²) in [5.74, 6) is 0.728. The minimum absolute atomic E-state index is 0.728. The van der Waals surface area contributed by atoms with Crippen LogP contribution in [0, 0.1) is 0 Å². The van der Waals surface area contributed by atoms with Gasteiger partial charge in [0.1, 0.15) is 0 Å². The van der Waals surface area contributed by atoms with Crippen molar-refractivity contribution in [2.24, 2.45) is 0 Å². The molecule has 0 atom stereocenters. The maximum Gasteiger partial charge on any atom is 0.0589 e. The van der Waals surface area contributed by atoms with Crippen molar-refractivity contribution < 1.29 is 4.74 Å². The fourth-order valence-electron chi connectivity index (χ4n) is 2.47. The molecule has 2 rings (SSSR count). The summed E-state index contributed by atoms with van der Waals surface area (Å²) < 4.78 is 6.32. The zero-order valence-corrected chi connectivity index (χ0v) is 11.9. The van der Waals surface area contributed by atoms with Gasteiger partial charge in [-0.3, -0.25) is 0 Å². The Bertz CT molecular complexity index is 348. The van der Waals surface area contributed by atoms with Gasteiger partial charge in [0.05, 0.1) is 6.61 Å². The Morgan fingerprint density at radius 1 is 1.35 bits per heavy atom. The van der Waals surface area contributed by atoms with Crippen LogP contribution in [0.15, 0.2) is 28.7 Å². The molecule has 0 unspecified atom stereocenters. The van der Waals surface area contributed by atoms with Gasteiger partial charge in [-0.25, -0.2) is 0 Å². The molecule has 1 aromatic rings. The molecule has 1 aliphatic heterocycles. The summed E-state index contributed by atoms with van der Waals surface area (Å²) in [6.45, 7) is 4.31. The van der Waals surface area contributed by atoms with Crippen molar-refractivity contribution in [3.8, 4) is 0 Å². The van der Waals surface area contributed by atoms with Crippen LogP contribution < -0.4 is 0 Å². The van der Waals surface area contributed by atoms with Crippen molar-refractivity contribution in [3.63, 3.8) is 0 Å². The molecule has 0 aliphatic carbocycles. The first-order chi connectivity index (χ1) is 8.29. The van der Waals surface area contributed by atoms with E-state index in [9.17, 15) is 0 Å². The second-order valence-electron chi connectivity index (χ2n) is 4.66. The minimum Gasteiger partial charge on any atom is -0.383 e. The van der Waals surface area contributed by atoms with E-state index in [1.54, 1.807) is 7.11 Å². The Morgan fingerprint density at radius 2 is 2.12 bits per heavy atom. The highest BCUT2D eigenvalue weighted by Crippen LogP contribution is 2.29. The lowest BCUT2D eigenvalue weighted by molar-refractivity contribution is 0.130. The number of ether oxygens (including phenoxy) is 1. The molecule has 17 heavy (non-hydrogen) atoms. The highest BCUT2D eigenvalue weighted by molar-refractivity contribution is 9.10. The third kappa shape index (κ3) is 3.80. The molecule has 1 aromatic carbocycles. The fraction of sp³-hybridized carbons (Fsp3) is 0.571. The molecule has 0 spiro atoms. The van der Waals surface area contributed by atoms with Gasteiger partial charge in [-0.1, -0.05) is 28.1 Å². The van der Waals surface area contributed by atoms with Gasteiger partial charge in [0.25, 0.3) is 0 Å². The third-order valence-electron chi connectivity index (χ3n) is 3.52. The van der Waals surface area contributed by atoms with Crippen LogP contribution in [0.5, 0.6) is 0 Å². The Morgan fingerprint density at radius 3 is 2.76 bits per heavy atom. The SMILES string of the molecule is COCCN1CCC(c2cccc(Br)c2)CC1. The van der Waals surface area contributed by atoms with Crippen LogP contribution in [-0.4, -0.2) is 38.3 Å². The number of benzene rings is 1. The standard InChI is InChI=1S/C14H20BrNO/c1-17-10-9-16-7-5-12(6-8-16)13-3-2-4-14(15)11-13/h2-4,11-12H,5-10H2,1H3. The average Bonchev–Trinajstić information content (AvgIpc) is 2.37. The highest BCUT2D eigenvalue weighted by Gasteiger charge is 2.20. The maximum absolute atomic E-state index is 5.12. The van der Waals surface area contributed by atoms with E-state index in [1.807, 2.05) is 0 Å². The smallest absolute Gasteiger partial charge is 0.0589 e. The largest absolute Gasteiger partial charge is 0.383 e. The van der Waals surface area contributed by atoms with Crippen LogP contribution in [0.2, 0.25) is 0 Å². The van der Waals surface area contributed by atoms with Gasteiger partial charge in [-0.2, -0.15) is 0 Å². The molecule has 0 bridgehead atoms. The Labute approximate surface area is 112 Å². The summed E-state index contributed by atoms with van der Waals surface area (Å²) in [4.78, 5) is 2.50. The van der Waals surface area contributed by atoms with Crippen molar-refractivity contribution in [3.05, 3.63) is 34.3 Å². The predicted octanol–water partition coefficient (Wildman–Crippen LogP) is 3.27. The molecule has 1 saturated heterocycles. The number of hydrogen-bond acceptors (Lipinski definition) is 2. The summed E-state index contributed by atoms with van der Waals surface area (Å²) in [5, 5.41) is 0. The number of halogens is 1. The van der Waals surface area contributed by atoms with E-state index in [2.05, 4.69) is 45.1 Å². The molecule has 2 nitrogen and oxygen atoms in total. The van der Waals surface area contributed by atoms with Gasteiger partial charge >= 0.3 is 0 Å². The molecule has 1 aliphatic rings. The highest BCUT2D eigenvalue weighted by atomic mass is 79.9. The van der Waals surface area contributed by atoms with E-state index in [1.165, 1.54) is 36.0 Å². The zero-order valence-electron chi connectivity index (χ0n) is 10.4. The van der Waals surface area contributed by atoms with E-state index in [0.29, 0.717) is 0 Å². The van der Waals surface area contributed by atoms with Gasteiger partial charge in [-0.15, -0.1) is 0 Å². The molecule has 0 aromatic heterocycles. The first kappa shape index (κ1) is 13.1. The first-order valence-corrected chi connectivity index (χ1v) is 7.05. The quantitative estimate of drug-likeness (QED) is 0.846. The van der Waals surface area contributed by atoms with Crippen LogP contribution in [0.1, 0.15) is 24.3 Å². The molecule has 0 amide bonds.